The number of amides is 1. The largest absolute Gasteiger partial charge is 0.497 e. The van der Waals surface area contributed by atoms with E-state index >= 15 is 0 Å². The van der Waals surface area contributed by atoms with Crippen LogP contribution in [0.3, 0.4) is 0 Å². The summed E-state index contributed by atoms with van der Waals surface area (Å²) in [5.74, 6) is 1.99. The summed E-state index contributed by atoms with van der Waals surface area (Å²) in [5, 5.41) is 0.0983. The maximum Gasteiger partial charge on any atom is 0.231 e. The Labute approximate surface area is 148 Å². The van der Waals surface area contributed by atoms with Crippen LogP contribution in [0, 0.1) is 0 Å². The van der Waals surface area contributed by atoms with E-state index in [4.69, 9.17) is 4.74 Å². The number of nitrogens with zero attached hydrogens (tertiary/aromatic N) is 1. The van der Waals surface area contributed by atoms with Gasteiger partial charge in [0.25, 0.3) is 0 Å². The van der Waals surface area contributed by atoms with Crippen LogP contribution in [0.25, 0.3) is 0 Å². The molecule has 2 aromatic carbocycles. The molecule has 126 valence electrons. The minimum Gasteiger partial charge on any atom is -0.497 e. The summed E-state index contributed by atoms with van der Waals surface area (Å²) in [7, 11) is 1.67. The maximum atomic E-state index is 13.2. The summed E-state index contributed by atoms with van der Waals surface area (Å²) in [6.07, 6.45) is 0.819. The minimum atomic E-state index is -0.0642. The van der Waals surface area contributed by atoms with Gasteiger partial charge >= 0.3 is 0 Å². The second-order valence-corrected chi connectivity index (χ2v) is 7.09. The summed E-state index contributed by atoms with van der Waals surface area (Å²) in [6.45, 7) is 2.89. The lowest BCUT2D eigenvalue weighted by atomic mass is 9.95. The van der Waals surface area contributed by atoms with Gasteiger partial charge in [0.1, 0.15) is 11.1 Å². The van der Waals surface area contributed by atoms with Crippen LogP contribution in [0.5, 0.6) is 5.75 Å². The Bertz CT molecular complexity index is 672. The van der Waals surface area contributed by atoms with Gasteiger partial charge in [-0.25, -0.2) is 0 Å². The average Bonchev–Trinajstić information content (AvgIpc) is 3.13. The molecule has 1 heterocycles. The number of benzene rings is 2. The second-order valence-electron chi connectivity index (χ2n) is 5.90. The molecule has 0 aromatic heterocycles. The van der Waals surface area contributed by atoms with Crippen molar-refractivity contribution in [3.63, 3.8) is 0 Å². The Morgan fingerprint density at radius 3 is 2.54 bits per heavy atom. The van der Waals surface area contributed by atoms with E-state index in [1.165, 1.54) is 0 Å². The van der Waals surface area contributed by atoms with Crippen LogP contribution in [0.4, 0.5) is 0 Å². The van der Waals surface area contributed by atoms with Crippen molar-refractivity contribution >= 4 is 17.7 Å². The Morgan fingerprint density at radius 1 is 1.21 bits per heavy atom. The molecule has 0 bridgehead atoms. The lowest BCUT2D eigenvalue weighted by molar-refractivity contribution is -0.133. The monoisotopic (exact) mass is 341 g/mol. The number of methoxy groups -OCH3 is 1. The van der Waals surface area contributed by atoms with Gasteiger partial charge in [-0.3, -0.25) is 4.79 Å². The van der Waals surface area contributed by atoms with Gasteiger partial charge in [-0.2, -0.15) is 0 Å². The molecule has 1 amide bonds. The number of hydrogen-bond donors (Lipinski definition) is 0. The summed E-state index contributed by atoms with van der Waals surface area (Å²) >= 11 is 1.83. The Balaban J connectivity index is 1.82. The molecule has 1 saturated heterocycles. The van der Waals surface area contributed by atoms with Gasteiger partial charge in [-0.1, -0.05) is 49.4 Å². The van der Waals surface area contributed by atoms with Gasteiger partial charge in [-0.15, -0.1) is 11.8 Å². The first-order valence-corrected chi connectivity index (χ1v) is 9.40. The van der Waals surface area contributed by atoms with E-state index in [-0.39, 0.29) is 17.2 Å². The standard InChI is InChI=1S/C20H23NO2S/c1-3-18(15-7-5-4-6-8-15)19(22)21-13-14-24-20(21)16-9-11-17(23-2)12-10-16/h4-12,18,20H,3,13-14H2,1-2H3. The fourth-order valence-electron chi connectivity index (χ4n) is 3.18. The number of rotatable bonds is 5. The molecule has 0 N–H and O–H groups in total. The van der Waals surface area contributed by atoms with Crippen LogP contribution in [0.2, 0.25) is 0 Å². The van der Waals surface area contributed by atoms with E-state index < -0.39 is 0 Å². The fraction of sp³-hybridized carbons (Fsp3) is 0.350. The number of hydrogen-bond acceptors (Lipinski definition) is 3. The van der Waals surface area contributed by atoms with Crippen molar-refractivity contribution in [1.29, 1.82) is 0 Å². The first kappa shape index (κ1) is 16.9. The molecule has 1 fully saturated rings. The van der Waals surface area contributed by atoms with Crippen LogP contribution >= 0.6 is 11.8 Å². The predicted molar refractivity (Wildman–Crippen MR) is 99.4 cm³/mol. The molecular weight excluding hydrogens is 318 g/mol. The van der Waals surface area contributed by atoms with E-state index in [0.29, 0.717) is 0 Å². The zero-order valence-corrected chi connectivity index (χ0v) is 15.0. The van der Waals surface area contributed by atoms with Crippen LogP contribution in [0.15, 0.2) is 54.6 Å². The van der Waals surface area contributed by atoms with Gasteiger partial charge in [0.2, 0.25) is 5.91 Å². The topological polar surface area (TPSA) is 29.5 Å². The van der Waals surface area contributed by atoms with Gasteiger partial charge in [0.05, 0.1) is 13.0 Å². The first-order chi connectivity index (χ1) is 11.7. The summed E-state index contributed by atoms with van der Waals surface area (Å²) in [6, 6.07) is 18.2. The van der Waals surface area contributed by atoms with Crippen LogP contribution in [-0.2, 0) is 4.79 Å². The van der Waals surface area contributed by atoms with Gasteiger partial charge in [0, 0.05) is 12.3 Å². The van der Waals surface area contributed by atoms with Crippen molar-refractivity contribution in [2.75, 3.05) is 19.4 Å². The molecule has 1 aliphatic heterocycles. The van der Waals surface area contributed by atoms with Crippen molar-refractivity contribution in [2.45, 2.75) is 24.6 Å². The van der Waals surface area contributed by atoms with E-state index in [1.54, 1.807) is 7.11 Å². The molecular formula is C20H23NO2S. The van der Waals surface area contributed by atoms with E-state index in [2.05, 4.69) is 31.2 Å². The first-order valence-electron chi connectivity index (χ1n) is 8.35. The second kappa shape index (κ2) is 7.75. The zero-order valence-electron chi connectivity index (χ0n) is 14.1. The molecule has 3 rings (SSSR count). The molecule has 0 aliphatic carbocycles. The Hall–Kier alpha value is -1.94. The SMILES string of the molecule is CCC(C(=O)N1CCSC1c1ccc(OC)cc1)c1ccccc1. The quantitative estimate of drug-likeness (QED) is 0.804. The van der Waals surface area contributed by atoms with Crippen LogP contribution in [0.1, 0.15) is 35.8 Å². The Morgan fingerprint density at radius 2 is 1.92 bits per heavy atom. The molecule has 2 atom stereocenters. The van der Waals surface area contributed by atoms with Crippen molar-refractivity contribution in [3.05, 3.63) is 65.7 Å². The highest BCUT2D eigenvalue weighted by Gasteiger charge is 2.34. The average molecular weight is 341 g/mol. The fourth-order valence-corrected chi connectivity index (χ4v) is 4.44. The zero-order chi connectivity index (χ0) is 16.9. The highest BCUT2D eigenvalue weighted by atomic mass is 32.2. The van der Waals surface area contributed by atoms with Crippen molar-refractivity contribution in [3.8, 4) is 5.75 Å². The maximum absolute atomic E-state index is 13.2. The van der Waals surface area contributed by atoms with E-state index in [9.17, 15) is 4.79 Å². The summed E-state index contributed by atoms with van der Waals surface area (Å²) in [5.41, 5.74) is 2.27. The minimum absolute atomic E-state index is 0.0642. The predicted octanol–water partition coefficient (Wildman–Crippen LogP) is 4.46. The molecule has 4 heteroatoms. The molecule has 0 spiro atoms. The number of carbonyl (C=O) groups is 1. The normalized spacial score (nSPS) is 18.4. The number of carbonyl (C=O) groups excluding carboxylic acids is 1. The third-order valence-corrected chi connectivity index (χ3v) is 5.74. The molecule has 1 aliphatic rings. The molecule has 2 aromatic rings. The van der Waals surface area contributed by atoms with Crippen LogP contribution in [-0.4, -0.2) is 30.2 Å². The van der Waals surface area contributed by atoms with Gasteiger partial charge < -0.3 is 9.64 Å². The Kier molecular flexibility index (Phi) is 5.46. The molecule has 0 saturated carbocycles. The van der Waals surface area contributed by atoms with Crippen molar-refractivity contribution < 1.29 is 9.53 Å². The molecule has 2 unspecified atom stereocenters. The van der Waals surface area contributed by atoms with Crippen LogP contribution < -0.4 is 4.74 Å². The van der Waals surface area contributed by atoms with E-state index in [1.807, 2.05) is 47.0 Å². The van der Waals surface area contributed by atoms with E-state index in [0.717, 1.165) is 35.6 Å². The number of thioether (sulfide) groups is 1. The number of ether oxygens (including phenoxy) is 1. The third kappa shape index (κ3) is 3.44. The summed E-state index contributed by atoms with van der Waals surface area (Å²) < 4.78 is 5.23. The lowest BCUT2D eigenvalue weighted by Crippen LogP contribution is -2.34. The third-order valence-electron chi connectivity index (χ3n) is 4.48. The smallest absolute Gasteiger partial charge is 0.231 e. The van der Waals surface area contributed by atoms with Crippen molar-refractivity contribution in [2.24, 2.45) is 0 Å². The molecule has 3 nitrogen and oxygen atoms in total. The highest BCUT2D eigenvalue weighted by molar-refractivity contribution is 7.99. The van der Waals surface area contributed by atoms with Gasteiger partial charge in [-0.05, 0) is 29.7 Å². The summed E-state index contributed by atoms with van der Waals surface area (Å²) in [4.78, 5) is 15.2. The van der Waals surface area contributed by atoms with Crippen molar-refractivity contribution in [1.82, 2.24) is 4.90 Å². The lowest BCUT2D eigenvalue weighted by Gasteiger charge is -2.28. The van der Waals surface area contributed by atoms with Gasteiger partial charge in [0.15, 0.2) is 0 Å². The molecule has 24 heavy (non-hydrogen) atoms. The molecule has 0 radical (unpaired) electrons. The highest BCUT2D eigenvalue weighted by Crippen LogP contribution is 2.40.